The smallest absolute Gasteiger partial charge is 0.172 e. The number of anilines is 1. The lowest BCUT2D eigenvalue weighted by molar-refractivity contribution is 0.386. The first-order chi connectivity index (χ1) is 11.5. The highest BCUT2D eigenvalue weighted by Crippen LogP contribution is 2.33. The van der Waals surface area contributed by atoms with Gasteiger partial charge in [-0.2, -0.15) is 0 Å². The molecule has 2 rings (SSSR count). The molecule has 0 bridgehead atoms. The molecule has 2 aromatic carbocycles. The van der Waals surface area contributed by atoms with Crippen LogP contribution < -0.4 is 10.5 Å². The second-order valence-corrected chi connectivity index (χ2v) is 5.23. The summed E-state index contributed by atoms with van der Waals surface area (Å²) < 4.78 is 19.7. The summed E-state index contributed by atoms with van der Waals surface area (Å²) >= 11 is 0. The first kappa shape index (κ1) is 19.5. The molecule has 0 amide bonds. The highest BCUT2D eigenvalue weighted by atomic mass is 19.1. The first-order valence-electron chi connectivity index (χ1n) is 7.52. The number of ether oxygens (including phenoxy) is 1. The van der Waals surface area contributed by atoms with Crippen LogP contribution in [0.5, 0.6) is 5.75 Å². The van der Waals surface area contributed by atoms with Gasteiger partial charge in [0.05, 0.1) is 7.11 Å². The highest BCUT2D eigenvalue weighted by molar-refractivity contribution is 5.86. The summed E-state index contributed by atoms with van der Waals surface area (Å²) in [6.07, 6.45) is 3.83. The molecule has 0 fully saturated rings. The van der Waals surface area contributed by atoms with Gasteiger partial charge in [-0.15, -0.1) is 0 Å². The van der Waals surface area contributed by atoms with Crippen LogP contribution in [0, 0.1) is 5.82 Å². The molecule has 0 unspecified atom stereocenters. The molecule has 24 heavy (non-hydrogen) atoms. The van der Waals surface area contributed by atoms with Gasteiger partial charge in [0.2, 0.25) is 0 Å². The van der Waals surface area contributed by atoms with E-state index in [1.165, 1.54) is 7.11 Å². The molecular weight excluding hydrogens is 305 g/mol. The molecule has 3 N–H and O–H groups in total. The van der Waals surface area contributed by atoms with Gasteiger partial charge in [-0.3, -0.25) is 0 Å². The largest absolute Gasteiger partial charge is 0.494 e. The minimum atomic E-state index is -0.387. The minimum absolute atomic E-state index is 0.218. The molecule has 0 heterocycles. The molecule has 0 aliphatic heterocycles. The summed E-state index contributed by atoms with van der Waals surface area (Å²) in [6, 6.07) is 12.6. The summed E-state index contributed by atoms with van der Waals surface area (Å²) in [7, 11) is 2.46. The van der Waals surface area contributed by atoms with Crippen molar-refractivity contribution in [3.05, 3.63) is 77.1 Å². The van der Waals surface area contributed by atoms with Gasteiger partial charge in [-0.1, -0.05) is 48.1 Å². The maximum Gasteiger partial charge on any atom is 0.172 e. The lowest BCUT2D eigenvalue weighted by atomic mass is 9.95. The number of hydrogen-bond donors (Lipinski definition) is 2. The molecule has 0 saturated carbocycles. The number of rotatable bonds is 4. The minimum Gasteiger partial charge on any atom is -0.494 e. The molecule has 3 nitrogen and oxygen atoms in total. The summed E-state index contributed by atoms with van der Waals surface area (Å²) in [5.41, 5.74) is 9.80. The van der Waals surface area contributed by atoms with Gasteiger partial charge in [0.15, 0.2) is 11.6 Å². The zero-order valence-electron chi connectivity index (χ0n) is 14.5. The van der Waals surface area contributed by atoms with Crippen LogP contribution in [0.25, 0.3) is 5.57 Å². The predicted octanol–water partition coefficient (Wildman–Crippen LogP) is 4.42. The highest BCUT2D eigenvalue weighted by Gasteiger charge is 2.15. The van der Waals surface area contributed by atoms with Crippen molar-refractivity contribution in [1.29, 1.82) is 0 Å². The van der Waals surface area contributed by atoms with Crippen LogP contribution in [0.15, 0.2) is 60.2 Å². The Balaban J connectivity index is 0.00000139. The number of para-hydroxylation sites is 1. The number of methoxy groups -OCH3 is 1. The maximum absolute atomic E-state index is 14.6. The van der Waals surface area contributed by atoms with E-state index in [0.29, 0.717) is 11.3 Å². The Morgan fingerprint density at radius 1 is 1.00 bits per heavy atom. The lowest BCUT2D eigenvalue weighted by Crippen LogP contribution is -1.99. The summed E-state index contributed by atoms with van der Waals surface area (Å²) in [6.45, 7) is 3.98. The van der Waals surface area contributed by atoms with Gasteiger partial charge in [0.25, 0.3) is 0 Å². The Morgan fingerprint density at radius 3 is 2.21 bits per heavy atom. The molecular formula is C20H24FNO2. The fraction of sp³-hybridized carbons (Fsp3) is 0.200. The molecule has 128 valence electrons. The second-order valence-electron chi connectivity index (χ2n) is 5.23. The molecule has 0 atom stereocenters. The number of halogens is 1. The van der Waals surface area contributed by atoms with E-state index in [4.69, 9.17) is 15.6 Å². The molecule has 0 aliphatic carbocycles. The number of aliphatic hydroxyl groups excluding tert-OH is 1. The van der Waals surface area contributed by atoms with Crippen LogP contribution >= 0.6 is 0 Å². The average Bonchev–Trinajstić information content (AvgIpc) is 2.59. The van der Waals surface area contributed by atoms with Gasteiger partial charge in [0, 0.05) is 23.9 Å². The second kappa shape index (κ2) is 9.53. The third-order valence-electron chi connectivity index (χ3n) is 3.31. The molecule has 2 aromatic rings. The van der Waals surface area contributed by atoms with Gasteiger partial charge in [-0.05, 0) is 31.6 Å². The van der Waals surface area contributed by atoms with Crippen molar-refractivity contribution in [2.24, 2.45) is 0 Å². The standard InChI is InChI=1S/C19H20FNO.CH4O/c1-13(2)11-12-14(15-7-4-5-9-17(15)21)16-8-6-10-18(22-3)19(16)20;1-2/h4-12H,21H2,1-3H3;2H,1H3/b14-12-;. The zero-order valence-corrected chi connectivity index (χ0v) is 14.5. The average molecular weight is 329 g/mol. The van der Waals surface area contributed by atoms with Gasteiger partial charge < -0.3 is 15.6 Å². The Morgan fingerprint density at radius 2 is 1.62 bits per heavy atom. The van der Waals surface area contributed by atoms with E-state index >= 15 is 0 Å². The molecule has 0 spiro atoms. The number of aliphatic hydroxyl groups is 1. The normalized spacial score (nSPS) is 10.5. The first-order valence-corrected chi connectivity index (χ1v) is 7.52. The van der Waals surface area contributed by atoms with Crippen LogP contribution in [-0.2, 0) is 0 Å². The number of nitrogen functional groups attached to an aromatic ring is 1. The van der Waals surface area contributed by atoms with Crippen LogP contribution in [0.2, 0.25) is 0 Å². The SMILES string of the molecule is CO.COc1cccc(/C(=C\C=C(C)C)c2ccccc2N)c1F. The molecule has 0 radical (unpaired) electrons. The van der Waals surface area contributed by atoms with Gasteiger partial charge in [0.1, 0.15) is 0 Å². The quantitative estimate of drug-likeness (QED) is 0.645. The molecule has 0 saturated heterocycles. The van der Waals surface area contributed by atoms with Crippen molar-refractivity contribution in [3.8, 4) is 5.75 Å². The topological polar surface area (TPSA) is 55.5 Å². The van der Waals surface area contributed by atoms with Crippen molar-refractivity contribution in [1.82, 2.24) is 0 Å². The number of allylic oxidation sites excluding steroid dienone is 3. The van der Waals surface area contributed by atoms with E-state index in [1.54, 1.807) is 18.2 Å². The van der Waals surface area contributed by atoms with Crippen LogP contribution in [-0.4, -0.2) is 19.3 Å². The van der Waals surface area contributed by atoms with Crippen LogP contribution in [0.4, 0.5) is 10.1 Å². The number of benzene rings is 2. The molecule has 0 aromatic heterocycles. The number of nitrogens with two attached hydrogens (primary N) is 1. The van der Waals surface area contributed by atoms with E-state index in [0.717, 1.165) is 23.8 Å². The van der Waals surface area contributed by atoms with E-state index in [-0.39, 0.29) is 11.6 Å². The zero-order chi connectivity index (χ0) is 18.1. The van der Waals surface area contributed by atoms with Gasteiger partial charge in [-0.25, -0.2) is 4.39 Å². The Kier molecular flexibility index (Phi) is 7.72. The molecule has 4 heteroatoms. The van der Waals surface area contributed by atoms with Crippen molar-refractivity contribution < 1.29 is 14.2 Å². The lowest BCUT2D eigenvalue weighted by Gasteiger charge is -2.13. The summed E-state index contributed by atoms with van der Waals surface area (Å²) in [5, 5.41) is 7.00. The van der Waals surface area contributed by atoms with E-state index in [1.807, 2.05) is 50.3 Å². The Bertz CT molecular complexity index is 732. The van der Waals surface area contributed by atoms with Crippen molar-refractivity contribution in [2.75, 3.05) is 20.0 Å². The van der Waals surface area contributed by atoms with Crippen LogP contribution in [0.1, 0.15) is 25.0 Å². The Labute approximate surface area is 142 Å². The van der Waals surface area contributed by atoms with E-state index in [9.17, 15) is 4.39 Å². The third-order valence-corrected chi connectivity index (χ3v) is 3.31. The Hall–Kier alpha value is -2.59. The third kappa shape index (κ3) is 4.70. The molecule has 0 aliphatic rings. The summed E-state index contributed by atoms with van der Waals surface area (Å²) in [4.78, 5) is 0. The van der Waals surface area contributed by atoms with Crippen LogP contribution in [0.3, 0.4) is 0 Å². The fourth-order valence-corrected chi connectivity index (χ4v) is 2.19. The van der Waals surface area contributed by atoms with Crippen molar-refractivity contribution >= 4 is 11.3 Å². The maximum atomic E-state index is 14.6. The van der Waals surface area contributed by atoms with Crippen molar-refractivity contribution in [3.63, 3.8) is 0 Å². The van der Waals surface area contributed by atoms with E-state index < -0.39 is 0 Å². The van der Waals surface area contributed by atoms with E-state index in [2.05, 4.69) is 0 Å². The van der Waals surface area contributed by atoms with Gasteiger partial charge >= 0.3 is 0 Å². The fourth-order valence-electron chi connectivity index (χ4n) is 2.19. The summed E-state index contributed by atoms with van der Waals surface area (Å²) in [5.74, 6) is -0.170. The number of hydrogen-bond acceptors (Lipinski definition) is 3. The predicted molar refractivity (Wildman–Crippen MR) is 98.5 cm³/mol. The monoisotopic (exact) mass is 329 g/mol. The van der Waals surface area contributed by atoms with Crippen molar-refractivity contribution in [2.45, 2.75) is 13.8 Å².